The minimum atomic E-state index is -1.07. The third-order valence-corrected chi connectivity index (χ3v) is 3.21. The Morgan fingerprint density at radius 2 is 1.86 bits per heavy atom. The minimum Gasteiger partial charge on any atom is -0.506 e. The predicted molar refractivity (Wildman–Crippen MR) is 71.2 cm³/mol. The van der Waals surface area contributed by atoms with E-state index in [1.54, 1.807) is 0 Å². The van der Waals surface area contributed by atoms with E-state index in [1.165, 1.54) is 12.3 Å². The average Bonchev–Trinajstić information content (AvgIpc) is 2.80. The number of benzene rings is 1. The number of aliphatic hydroxyl groups is 1. The van der Waals surface area contributed by atoms with Crippen LogP contribution in [0.4, 0.5) is 0 Å². The number of aliphatic hydroxyl groups excluding tert-OH is 1. The third-order valence-electron chi connectivity index (χ3n) is 3.21. The van der Waals surface area contributed by atoms with E-state index < -0.39 is 18.2 Å². The average molecular weight is 290 g/mol. The van der Waals surface area contributed by atoms with E-state index in [2.05, 4.69) is 0 Å². The van der Waals surface area contributed by atoms with Crippen LogP contribution >= 0.6 is 0 Å². The monoisotopic (exact) mass is 290 g/mol. The van der Waals surface area contributed by atoms with Gasteiger partial charge in [0.2, 0.25) is 0 Å². The van der Waals surface area contributed by atoms with E-state index in [9.17, 15) is 19.8 Å². The molecular formula is C14H10O7. The van der Waals surface area contributed by atoms with Gasteiger partial charge in [-0.05, 0) is 5.56 Å². The van der Waals surface area contributed by atoms with Crippen LogP contribution in [0.25, 0.3) is 21.9 Å². The highest BCUT2D eigenvalue weighted by molar-refractivity contribution is 6.04. The molecule has 0 spiro atoms. The van der Waals surface area contributed by atoms with Gasteiger partial charge in [-0.2, -0.15) is 0 Å². The van der Waals surface area contributed by atoms with Crippen molar-refractivity contribution in [1.82, 2.24) is 0 Å². The number of fused-ring (bicyclic) bond motifs is 2. The summed E-state index contributed by atoms with van der Waals surface area (Å²) in [6, 6.07) is 2.46. The number of carbonyl (C=O) groups is 1. The van der Waals surface area contributed by atoms with Crippen LogP contribution in [0.3, 0.4) is 0 Å². The van der Waals surface area contributed by atoms with Crippen molar-refractivity contribution in [2.75, 3.05) is 0 Å². The Kier molecular flexibility index (Phi) is 2.91. The Bertz CT molecular complexity index is 916. The number of phenolic OH excluding ortho intramolecular Hbond substituents is 1. The molecule has 7 nitrogen and oxygen atoms in total. The summed E-state index contributed by atoms with van der Waals surface area (Å²) in [7, 11) is 0. The first kappa shape index (κ1) is 13.2. The van der Waals surface area contributed by atoms with Gasteiger partial charge in [0.1, 0.15) is 16.9 Å². The van der Waals surface area contributed by atoms with Crippen molar-refractivity contribution in [2.24, 2.45) is 0 Å². The van der Waals surface area contributed by atoms with Crippen molar-refractivity contribution >= 4 is 27.9 Å². The summed E-state index contributed by atoms with van der Waals surface area (Å²) >= 11 is 0. The lowest BCUT2D eigenvalue weighted by Gasteiger charge is -2.06. The van der Waals surface area contributed by atoms with Gasteiger partial charge >= 0.3 is 11.6 Å². The van der Waals surface area contributed by atoms with Gasteiger partial charge < -0.3 is 24.2 Å². The SMILES string of the molecule is O=C(O)Cc1coc2cc3oc(=O)cc(CO)c3c(O)c12. The molecule has 0 unspecified atom stereocenters. The van der Waals surface area contributed by atoms with Crippen molar-refractivity contribution in [3.63, 3.8) is 0 Å². The molecule has 3 rings (SSSR count). The third kappa shape index (κ3) is 2.03. The normalized spacial score (nSPS) is 11.3. The Balaban J connectivity index is 2.44. The zero-order chi connectivity index (χ0) is 15.1. The molecule has 1 aromatic carbocycles. The molecule has 0 saturated heterocycles. The van der Waals surface area contributed by atoms with E-state index in [0.717, 1.165) is 6.07 Å². The summed E-state index contributed by atoms with van der Waals surface area (Å²) in [5, 5.41) is 28.9. The zero-order valence-electron chi connectivity index (χ0n) is 10.6. The lowest BCUT2D eigenvalue weighted by molar-refractivity contribution is -0.136. The lowest BCUT2D eigenvalue weighted by atomic mass is 10.0. The number of phenols is 1. The van der Waals surface area contributed by atoms with Crippen molar-refractivity contribution in [3.8, 4) is 5.75 Å². The highest BCUT2D eigenvalue weighted by atomic mass is 16.4. The van der Waals surface area contributed by atoms with Crippen LogP contribution in [-0.4, -0.2) is 21.3 Å². The first-order valence-electron chi connectivity index (χ1n) is 6.02. The number of aliphatic carboxylic acids is 1. The highest BCUT2D eigenvalue weighted by Gasteiger charge is 2.19. The summed E-state index contributed by atoms with van der Waals surface area (Å²) < 4.78 is 10.2. The summed E-state index contributed by atoms with van der Waals surface area (Å²) in [5.41, 5.74) is 0.0972. The van der Waals surface area contributed by atoms with E-state index in [4.69, 9.17) is 13.9 Å². The molecule has 0 aliphatic heterocycles. The van der Waals surface area contributed by atoms with Crippen LogP contribution < -0.4 is 5.63 Å². The van der Waals surface area contributed by atoms with Gasteiger partial charge in [0.25, 0.3) is 0 Å². The minimum absolute atomic E-state index is 0.0628. The first-order chi connectivity index (χ1) is 10.0. The van der Waals surface area contributed by atoms with Crippen molar-refractivity contribution in [1.29, 1.82) is 0 Å². The molecule has 7 heteroatoms. The molecule has 0 fully saturated rings. The standard InChI is InChI=1S/C14H10O7/c15-4-6-2-11(18)21-9-3-8-13(14(19)12(6)9)7(5-20-8)1-10(16)17/h2-3,5,15,19H,1,4H2,(H,16,17). The highest BCUT2D eigenvalue weighted by Crippen LogP contribution is 2.38. The number of carboxylic acids is 1. The van der Waals surface area contributed by atoms with Crippen molar-refractivity contribution in [2.45, 2.75) is 13.0 Å². The molecule has 2 aromatic heterocycles. The van der Waals surface area contributed by atoms with Gasteiger partial charge in [-0.25, -0.2) is 4.79 Å². The van der Waals surface area contributed by atoms with Gasteiger partial charge in [-0.1, -0.05) is 0 Å². The number of aromatic hydroxyl groups is 1. The first-order valence-corrected chi connectivity index (χ1v) is 6.02. The Labute approximate surface area is 116 Å². The summed E-state index contributed by atoms with van der Waals surface area (Å²) in [5.74, 6) is -1.35. The van der Waals surface area contributed by atoms with Crippen LogP contribution in [0.1, 0.15) is 11.1 Å². The largest absolute Gasteiger partial charge is 0.506 e. The van der Waals surface area contributed by atoms with Gasteiger partial charge in [0, 0.05) is 17.7 Å². The molecule has 3 aromatic rings. The Morgan fingerprint density at radius 1 is 1.14 bits per heavy atom. The quantitative estimate of drug-likeness (QED) is 0.623. The maximum Gasteiger partial charge on any atom is 0.336 e. The summed E-state index contributed by atoms with van der Waals surface area (Å²) in [4.78, 5) is 22.2. The number of rotatable bonds is 3. The van der Waals surface area contributed by atoms with E-state index in [1.807, 2.05) is 0 Å². The Hall–Kier alpha value is -2.80. The fourth-order valence-corrected chi connectivity index (χ4v) is 2.38. The molecule has 108 valence electrons. The van der Waals surface area contributed by atoms with Gasteiger partial charge in [0.15, 0.2) is 0 Å². The fraction of sp³-hybridized carbons (Fsp3) is 0.143. The van der Waals surface area contributed by atoms with Crippen molar-refractivity contribution < 1.29 is 28.9 Å². The van der Waals surface area contributed by atoms with Crippen LogP contribution in [0.5, 0.6) is 5.75 Å². The second-order valence-corrected chi connectivity index (χ2v) is 4.55. The molecule has 3 N–H and O–H groups in total. The molecule has 2 heterocycles. The molecule has 0 atom stereocenters. The number of hydrogen-bond acceptors (Lipinski definition) is 6. The summed E-state index contributed by atoms with van der Waals surface area (Å²) in [6.07, 6.45) is 0.908. The van der Waals surface area contributed by atoms with Crippen molar-refractivity contribution in [3.05, 3.63) is 39.9 Å². The van der Waals surface area contributed by atoms with Crippen LogP contribution in [0.15, 0.2) is 32.0 Å². The zero-order valence-corrected chi connectivity index (χ0v) is 10.6. The molecule has 0 saturated carbocycles. The lowest BCUT2D eigenvalue weighted by Crippen LogP contribution is -2.01. The topological polar surface area (TPSA) is 121 Å². The molecule has 0 radical (unpaired) electrons. The second kappa shape index (κ2) is 4.64. The maximum absolute atomic E-state index is 11.4. The van der Waals surface area contributed by atoms with E-state index >= 15 is 0 Å². The van der Waals surface area contributed by atoms with Gasteiger partial charge in [-0.15, -0.1) is 0 Å². The van der Waals surface area contributed by atoms with Crippen LogP contribution in [0, 0.1) is 0 Å². The van der Waals surface area contributed by atoms with E-state index in [-0.39, 0.29) is 39.7 Å². The number of furan rings is 1. The van der Waals surface area contributed by atoms with Crippen LogP contribution in [0.2, 0.25) is 0 Å². The maximum atomic E-state index is 11.4. The molecule has 0 aliphatic rings. The molecule has 0 aliphatic carbocycles. The molecular weight excluding hydrogens is 280 g/mol. The number of carboxylic acid groups (broad SMARTS) is 1. The molecule has 21 heavy (non-hydrogen) atoms. The predicted octanol–water partition coefficient (Wildman–Crippen LogP) is 1.36. The molecule has 0 bridgehead atoms. The smallest absolute Gasteiger partial charge is 0.336 e. The van der Waals surface area contributed by atoms with E-state index in [0.29, 0.717) is 5.56 Å². The number of hydrogen-bond donors (Lipinski definition) is 3. The Morgan fingerprint density at radius 3 is 2.52 bits per heavy atom. The van der Waals surface area contributed by atoms with Gasteiger partial charge in [0.05, 0.1) is 30.1 Å². The van der Waals surface area contributed by atoms with Crippen LogP contribution in [-0.2, 0) is 17.8 Å². The second-order valence-electron chi connectivity index (χ2n) is 4.55. The fourth-order valence-electron chi connectivity index (χ4n) is 2.38. The molecule has 0 amide bonds. The summed E-state index contributed by atoms with van der Waals surface area (Å²) in [6.45, 7) is -0.465. The van der Waals surface area contributed by atoms with Gasteiger partial charge in [-0.3, -0.25) is 4.79 Å².